The van der Waals surface area contributed by atoms with E-state index in [-0.39, 0.29) is 11.5 Å². The van der Waals surface area contributed by atoms with Crippen molar-refractivity contribution in [3.63, 3.8) is 0 Å². The maximum Gasteiger partial charge on any atom is 0.321 e. The molecular weight excluding hydrogens is 276 g/mol. The second-order valence-electron chi connectivity index (χ2n) is 4.61. The van der Waals surface area contributed by atoms with E-state index < -0.39 is 21.4 Å². The van der Waals surface area contributed by atoms with Gasteiger partial charge in [0, 0.05) is 0 Å². The van der Waals surface area contributed by atoms with Gasteiger partial charge in [0.2, 0.25) is 5.13 Å². The van der Waals surface area contributed by atoms with Crippen molar-refractivity contribution in [1.82, 2.24) is 15.5 Å². The molecule has 0 unspecified atom stereocenters. The summed E-state index contributed by atoms with van der Waals surface area (Å²) in [6.07, 6.45) is 0.428. The van der Waals surface area contributed by atoms with E-state index >= 15 is 0 Å². The van der Waals surface area contributed by atoms with Crippen molar-refractivity contribution < 1.29 is 13.2 Å². The molecule has 7 nitrogen and oxygen atoms in total. The fourth-order valence-corrected chi connectivity index (χ4v) is 4.54. The molecular formula is C9H14N4O3S2. The lowest BCUT2D eigenvalue weighted by atomic mass is 10.0. The van der Waals surface area contributed by atoms with E-state index in [1.165, 1.54) is 11.3 Å². The van der Waals surface area contributed by atoms with Crippen LogP contribution in [0.15, 0.2) is 0 Å². The number of sulfone groups is 1. The predicted molar refractivity (Wildman–Crippen MR) is 68.5 cm³/mol. The lowest BCUT2D eigenvalue weighted by Gasteiger charge is -2.23. The van der Waals surface area contributed by atoms with Crippen molar-refractivity contribution in [2.75, 3.05) is 16.8 Å². The molecule has 2 amide bonds. The molecule has 100 valence electrons. The zero-order chi connectivity index (χ0) is 13.4. The molecule has 1 aliphatic heterocycles. The van der Waals surface area contributed by atoms with Crippen LogP contribution in [0.5, 0.6) is 0 Å². The summed E-state index contributed by atoms with van der Waals surface area (Å²) in [4.78, 5) is 11.7. The average molecular weight is 290 g/mol. The Hall–Kier alpha value is -1.22. The first-order valence-electron chi connectivity index (χ1n) is 5.38. The summed E-state index contributed by atoms with van der Waals surface area (Å²) in [6, 6.07) is -0.453. The maximum atomic E-state index is 11.7. The Morgan fingerprint density at radius 2 is 2.17 bits per heavy atom. The third kappa shape index (κ3) is 3.16. The van der Waals surface area contributed by atoms with Gasteiger partial charge in [-0.15, -0.1) is 10.2 Å². The molecule has 0 spiro atoms. The fourth-order valence-electron chi connectivity index (χ4n) is 1.86. The molecule has 1 saturated heterocycles. The highest BCUT2D eigenvalue weighted by atomic mass is 32.2. The third-order valence-corrected chi connectivity index (χ3v) is 5.32. The van der Waals surface area contributed by atoms with Gasteiger partial charge in [0.05, 0.1) is 17.0 Å². The summed E-state index contributed by atoms with van der Waals surface area (Å²) in [7, 11) is -3.04. The minimum Gasteiger partial charge on any atom is -0.332 e. The Balaban J connectivity index is 1.96. The van der Waals surface area contributed by atoms with E-state index in [9.17, 15) is 13.2 Å². The molecule has 1 aromatic heterocycles. The Kier molecular flexibility index (Phi) is 3.28. The third-order valence-electron chi connectivity index (χ3n) is 2.67. The van der Waals surface area contributed by atoms with Crippen LogP contribution in [0, 0.1) is 6.92 Å². The number of aromatic nitrogens is 2. The van der Waals surface area contributed by atoms with E-state index in [0.29, 0.717) is 11.6 Å². The van der Waals surface area contributed by atoms with Crippen LogP contribution in [-0.2, 0) is 9.84 Å². The van der Waals surface area contributed by atoms with E-state index in [1.807, 2.05) is 0 Å². The van der Waals surface area contributed by atoms with Crippen LogP contribution in [0.4, 0.5) is 9.93 Å². The number of aryl methyl sites for hydroxylation is 1. The highest BCUT2D eigenvalue weighted by Crippen LogP contribution is 2.23. The first kappa shape index (κ1) is 13.2. The Morgan fingerprint density at radius 1 is 1.44 bits per heavy atom. The lowest BCUT2D eigenvalue weighted by molar-refractivity contribution is 0.242. The van der Waals surface area contributed by atoms with Gasteiger partial charge >= 0.3 is 6.03 Å². The monoisotopic (exact) mass is 290 g/mol. The van der Waals surface area contributed by atoms with Crippen LogP contribution in [0.25, 0.3) is 0 Å². The molecule has 1 atom stereocenters. The molecule has 0 bridgehead atoms. The van der Waals surface area contributed by atoms with Crippen molar-refractivity contribution in [3.8, 4) is 0 Å². The molecule has 0 aliphatic carbocycles. The van der Waals surface area contributed by atoms with E-state index in [4.69, 9.17) is 0 Å². The second-order valence-corrected chi connectivity index (χ2v) is 7.97. The molecule has 2 rings (SSSR count). The highest BCUT2D eigenvalue weighted by Gasteiger charge is 2.39. The van der Waals surface area contributed by atoms with Crippen LogP contribution >= 0.6 is 11.3 Å². The molecule has 9 heteroatoms. The topological polar surface area (TPSA) is 101 Å². The van der Waals surface area contributed by atoms with Gasteiger partial charge in [0.25, 0.3) is 0 Å². The number of nitrogens with one attached hydrogen (secondary N) is 2. The van der Waals surface area contributed by atoms with Gasteiger partial charge in [-0.25, -0.2) is 13.2 Å². The molecule has 1 aromatic rings. The predicted octanol–water partition coefficient (Wildman–Crippen LogP) is 0.545. The smallest absolute Gasteiger partial charge is 0.321 e. The number of anilines is 1. The largest absolute Gasteiger partial charge is 0.332 e. The number of nitrogens with zero attached hydrogens (tertiary/aromatic N) is 2. The normalized spacial score (nSPS) is 25.9. The van der Waals surface area contributed by atoms with Crippen LogP contribution < -0.4 is 10.6 Å². The summed E-state index contributed by atoms with van der Waals surface area (Å²) in [6.45, 7) is 3.51. The number of rotatable bonds is 2. The van der Waals surface area contributed by atoms with E-state index in [2.05, 4.69) is 20.8 Å². The standard InChI is InChI=1S/C9H14N4O3S2/c1-6-12-13-8(17-6)10-7(14)11-9(2)3-4-18(15,16)5-9/h3-5H2,1-2H3,(H2,10,11,13,14)/t9-/m1/s1. The van der Waals surface area contributed by atoms with Gasteiger partial charge in [-0.2, -0.15) is 0 Å². The Morgan fingerprint density at radius 3 is 2.67 bits per heavy atom. The van der Waals surface area contributed by atoms with Crippen molar-refractivity contribution in [3.05, 3.63) is 5.01 Å². The van der Waals surface area contributed by atoms with Gasteiger partial charge in [-0.1, -0.05) is 11.3 Å². The van der Waals surface area contributed by atoms with E-state index in [0.717, 1.165) is 5.01 Å². The first-order valence-corrected chi connectivity index (χ1v) is 8.02. The number of amides is 2. The molecule has 0 radical (unpaired) electrons. The minimum atomic E-state index is -3.04. The van der Waals surface area contributed by atoms with Gasteiger partial charge in [-0.05, 0) is 20.3 Å². The van der Waals surface area contributed by atoms with Crippen molar-refractivity contribution in [1.29, 1.82) is 0 Å². The van der Waals surface area contributed by atoms with Crippen LogP contribution in [0.2, 0.25) is 0 Å². The molecule has 2 N–H and O–H groups in total. The molecule has 1 fully saturated rings. The minimum absolute atomic E-state index is 0.0252. The molecule has 18 heavy (non-hydrogen) atoms. The molecule has 1 aliphatic rings. The summed E-state index contributed by atoms with van der Waals surface area (Å²) in [5, 5.41) is 13.9. The summed E-state index contributed by atoms with van der Waals surface area (Å²) < 4.78 is 22.8. The zero-order valence-corrected chi connectivity index (χ0v) is 11.7. The quantitative estimate of drug-likeness (QED) is 0.828. The fraction of sp³-hybridized carbons (Fsp3) is 0.667. The van der Waals surface area contributed by atoms with Gasteiger partial charge in [-0.3, -0.25) is 5.32 Å². The van der Waals surface area contributed by atoms with Crippen molar-refractivity contribution >= 4 is 32.3 Å². The summed E-state index contributed by atoms with van der Waals surface area (Å²) in [5.41, 5.74) is -0.706. The van der Waals surface area contributed by atoms with Crippen molar-refractivity contribution in [2.24, 2.45) is 0 Å². The Labute approximate surface area is 109 Å². The number of hydrogen-bond donors (Lipinski definition) is 2. The summed E-state index contributed by atoms with van der Waals surface area (Å²) >= 11 is 1.26. The number of hydrogen-bond acceptors (Lipinski definition) is 6. The van der Waals surface area contributed by atoms with Crippen LogP contribution in [0.3, 0.4) is 0 Å². The van der Waals surface area contributed by atoms with Crippen LogP contribution in [0.1, 0.15) is 18.4 Å². The first-order chi connectivity index (χ1) is 8.28. The maximum absolute atomic E-state index is 11.7. The van der Waals surface area contributed by atoms with Gasteiger partial charge in [0.1, 0.15) is 5.01 Å². The molecule has 0 saturated carbocycles. The average Bonchev–Trinajstić information content (AvgIpc) is 2.70. The van der Waals surface area contributed by atoms with Crippen LogP contribution in [-0.4, -0.2) is 41.7 Å². The van der Waals surface area contributed by atoms with E-state index in [1.54, 1.807) is 13.8 Å². The zero-order valence-electron chi connectivity index (χ0n) is 10.1. The lowest BCUT2D eigenvalue weighted by Crippen LogP contribution is -2.48. The number of urea groups is 1. The SMILES string of the molecule is Cc1nnc(NC(=O)N[C@]2(C)CCS(=O)(=O)C2)s1. The Bertz CT molecular complexity index is 568. The molecule has 0 aromatic carbocycles. The highest BCUT2D eigenvalue weighted by molar-refractivity contribution is 7.91. The second kappa shape index (κ2) is 4.47. The number of carbonyl (C=O) groups is 1. The summed E-state index contributed by atoms with van der Waals surface area (Å²) in [5.74, 6) is 0.0876. The van der Waals surface area contributed by atoms with Gasteiger partial charge < -0.3 is 5.32 Å². The van der Waals surface area contributed by atoms with Crippen molar-refractivity contribution in [2.45, 2.75) is 25.8 Å². The van der Waals surface area contributed by atoms with Gasteiger partial charge in [0.15, 0.2) is 9.84 Å². The molecule has 2 heterocycles. The number of carbonyl (C=O) groups excluding carboxylic acids is 1.